The summed E-state index contributed by atoms with van der Waals surface area (Å²) in [5.41, 5.74) is 6.97. The molecule has 0 fully saturated rings. The molecule has 38 heavy (non-hydrogen) atoms. The Balaban J connectivity index is 1.33. The van der Waals surface area contributed by atoms with Gasteiger partial charge in [-0.1, -0.05) is 86.8 Å². The monoisotopic (exact) mass is 490 g/mol. The summed E-state index contributed by atoms with van der Waals surface area (Å²) in [4.78, 5) is 0. The molecule has 0 bridgehead atoms. The van der Waals surface area contributed by atoms with Gasteiger partial charge in [-0.15, -0.1) is 0 Å². The standard InChI is InChI=1S/C38H34/c1-3-5-7-29-9-13-31(14-10-29)17-19-33-21-23-35-28-38-26-34(22-24-36(38)27-37(35)25-33)20-18-32-15-11-30(12-16-32)8-6-4-2/h9-16,21-28H,3-8H2,1-2H3. The van der Waals surface area contributed by atoms with Crippen molar-refractivity contribution in [2.45, 2.75) is 52.4 Å². The average molecular weight is 491 g/mol. The SMILES string of the molecule is CCCCc1ccc(C#Cc2ccc3cc4cc(C#Cc5ccc(CCCC)cc5)ccc4cc3c2)cc1. The molecule has 0 saturated heterocycles. The van der Waals surface area contributed by atoms with Gasteiger partial charge < -0.3 is 0 Å². The third-order valence-electron chi connectivity index (χ3n) is 7.04. The highest BCUT2D eigenvalue weighted by atomic mass is 14.0. The zero-order valence-electron chi connectivity index (χ0n) is 22.5. The number of aryl methyl sites for hydroxylation is 2. The van der Waals surface area contributed by atoms with Crippen molar-refractivity contribution in [1.29, 1.82) is 0 Å². The molecule has 0 amide bonds. The van der Waals surface area contributed by atoms with Crippen molar-refractivity contribution >= 4 is 21.5 Å². The third kappa shape index (κ3) is 6.54. The quantitative estimate of drug-likeness (QED) is 0.164. The van der Waals surface area contributed by atoms with E-state index in [0.717, 1.165) is 35.1 Å². The Kier molecular flexibility index (Phi) is 8.23. The van der Waals surface area contributed by atoms with Gasteiger partial charge in [-0.05, 0) is 119 Å². The second-order valence-corrected chi connectivity index (χ2v) is 10.1. The Morgan fingerprint density at radius 2 is 0.763 bits per heavy atom. The van der Waals surface area contributed by atoms with Crippen LogP contribution in [0.4, 0.5) is 0 Å². The number of unbranched alkanes of at least 4 members (excludes halogenated alkanes) is 2. The van der Waals surface area contributed by atoms with E-state index >= 15 is 0 Å². The highest BCUT2D eigenvalue weighted by Gasteiger charge is 2.01. The first-order valence-electron chi connectivity index (χ1n) is 13.9. The van der Waals surface area contributed by atoms with Crippen LogP contribution in [0.2, 0.25) is 0 Å². The van der Waals surface area contributed by atoms with Crippen LogP contribution in [0.25, 0.3) is 21.5 Å². The summed E-state index contributed by atoms with van der Waals surface area (Å²) < 4.78 is 0. The molecule has 0 aliphatic carbocycles. The van der Waals surface area contributed by atoms with Gasteiger partial charge in [-0.2, -0.15) is 0 Å². The second-order valence-electron chi connectivity index (χ2n) is 10.1. The van der Waals surface area contributed by atoms with Gasteiger partial charge >= 0.3 is 0 Å². The molecular weight excluding hydrogens is 456 g/mol. The van der Waals surface area contributed by atoms with Gasteiger partial charge in [0.25, 0.3) is 0 Å². The van der Waals surface area contributed by atoms with E-state index in [0.29, 0.717) is 0 Å². The summed E-state index contributed by atoms with van der Waals surface area (Å²) in [5, 5.41) is 4.86. The molecular formula is C38H34. The van der Waals surface area contributed by atoms with E-state index in [2.05, 4.69) is 135 Å². The molecule has 0 aliphatic rings. The molecule has 0 radical (unpaired) electrons. The van der Waals surface area contributed by atoms with Crippen molar-refractivity contribution in [2.75, 3.05) is 0 Å². The van der Waals surface area contributed by atoms with Crippen molar-refractivity contribution < 1.29 is 0 Å². The Morgan fingerprint density at radius 1 is 0.395 bits per heavy atom. The van der Waals surface area contributed by atoms with E-state index in [1.54, 1.807) is 0 Å². The smallest absolute Gasteiger partial charge is 0.0255 e. The van der Waals surface area contributed by atoms with Crippen molar-refractivity contribution in [1.82, 2.24) is 0 Å². The molecule has 0 aliphatic heterocycles. The normalized spacial score (nSPS) is 10.6. The largest absolute Gasteiger partial charge is 0.0654 e. The van der Waals surface area contributed by atoms with Crippen LogP contribution in [0.5, 0.6) is 0 Å². The lowest BCUT2D eigenvalue weighted by Crippen LogP contribution is -1.85. The molecule has 0 nitrogen and oxygen atoms in total. The average Bonchev–Trinajstić information content (AvgIpc) is 2.96. The highest BCUT2D eigenvalue weighted by molar-refractivity contribution is 5.99. The van der Waals surface area contributed by atoms with E-state index in [-0.39, 0.29) is 0 Å². The fourth-order valence-corrected chi connectivity index (χ4v) is 4.71. The van der Waals surface area contributed by atoms with Gasteiger partial charge in [0, 0.05) is 22.3 Å². The first-order valence-corrected chi connectivity index (χ1v) is 13.9. The Morgan fingerprint density at radius 3 is 1.16 bits per heavy atom. The van der Waals surface area contributed by atoms with Crippen LogP contribution in [0.15, 0.2) is 97.1 Å². The van der Waals surface area contributed by atoms with Crippen molar-refractivity contribution in [3.63, 3.8) is 0 Å². The zero-order chi connectivity index (χ0) is 26.2. The highest BCUT2D eigenvalue weighted by Crippen LogP contribution is 2.25. The maximum Gasteiger partial charge on any atom is 0.0255 e. The predicted octanol–water partition coefficient (Wildman–Crippen LogP) is 9.48. The fourth-order valence-electron chi connectivity index (χ4n) is 4.71. The number of hydrogen-bond donors (Lipinski definition) is 0. The molecule has 0 N–H and O–H groups in total. The summed E-state index contributed by atoms with van der Waals surface area (Å²) in [6.07, 6.45) is 7.20. The lowest BCUT2D eigenvalue weighted by molar-refractivity contribution is 0.795. The second kappa shape index (κ2) is 12.3. The predicted molar refractivity (Wildman–Crippen MR) is 164 cm³/mol. The summed E-state index contributed by atoms with van der Waals surface area (Å²) in [7, 11) is 0. The van der Waals surface area contributed by atoms with Gasteiger partial charge in [-0.3, -0.25) is 0 Å². The van der Waals surface area contributed by atoms with Crippen molar-refractivity contribution in [3.8, 4) is 23.7 Å². The van der Waals surface area contributed by atoms with Gasteiger partial charge in [0.05, 0.1) is 0 Å². The van der Waals surface area contributed by atoms with Gasteiger partial charge in [0.15, 0.2) is 0 Å². The summed E-state index contributed by atoms with van der Waals surface area (Å²) in [6.45, 7) is 4.46. The van der Waals surface area contributed by atoms with Crippen LogP contribution in [-0.2, 0) is 12.8 Å². The third-order valence-corrected chi connectivity index (χ3v) is 7.04. The molecule has 0 heterocycles. The zero-order valence-corrected chi connectivity index (χ0v) is 22.5. The first-order chi connectivity index (χ1) is 18.7. The Labute approximate surface area is 227 Å². The maximum absolute atomic E-state index is 3.35. The minimum Gasteiger partial charge on any atom is -0.0654 e. The molecule has 0 aromatic heterocycles. The number of rotatable bonds is 6. The van der Waals surface area contributed by atoms with Gasteiger partial charge in [0.1, 0.15) is 0 Å². The molecule has 0 unspecified atom stereocenters. The van der Waals surface area contributed by atoms with E-state index in [4.69, 9.17) is 0 Å². The summed E-state index contributed by atoms with van der Waals surface area (Å²) >= 11 is 0. The molecule has 5 rings (SSSR count). The molecule has 5 aromatic carbocycles. The van der Waals surface area contributed by atoms with E-state index < -0.39 is 0 Å². The van der Waals surface area contributed by atoms with Gasteiger partial charge in [-0.25, -0.2) is 0 Å². The van der Waals surface area contributed by atoms with Gasteiger partial charge in [0.2, 0.25) is 0 Å². The van der Waals surface area contributed by atoms with Crippen LogP contribution < -0.4 is 0 Å². The molecule has 5 aromatic rings. The first kappa shape index (κ1) is 25.4. The molecule has 186 valence electrons. The Hall–Kier alpha value is -4.26. The van der Waals surface area contributed by atoms with E-state index in [1.165, 1.54) is 58.4 Å². The molecule has 0 atom stereocenters. The summed E-state index contributed by atoms with van der Waals surface area (Å²) in [6, 6.07) is 34.8. The van der Waals surface area contributed by atoms with Crippen LogP contribution in [-0.4, -0.2) is 0 Å². The topological polar surface area (TPSA) is 0 Å². The van der Waals surface area contributed by atoms with Crippen LogP contribution in [0.1, 0.15) is 72.9 Å². The van der Waals surface area contributed by atoms with Crippen LogP contribution in [0.3, 0.4) is 0 Å². The maximum atomic E-state index is 3.35. The lowest BCUT2D eigenvalue weighted by Gasteiger charge is -2.04. The fraction of sp³-hybridized carbons (Fsp3) is 0.211. The number of hydrogen-bond acceptors (Lipinski definition) is 0. The number of benzene rings is 5. The molecule has 0 heteroatoms. The van der Waals surface area contributed by atoms with Crippen LogP contribution >= 0.6 is 0 Å². The van der Waals surface area contributed by atoms with E-state index in [9.17, 15) is 0 Å². The number of fused-ring (bicyclic) bond motifs is 2. The minimum absolute atomic E-state index is 1.04. The van der Waals surface area contributed by atoms with Crippen LogP contribution in [0, 0.1) is 23.7 Å². The molecule has 0 spiro atoms. The van der Waals surface area contributed by atoms with E-state index in [1.807, 2.05) is 0 Å². The summed E-state index contributed by atoms with van der Waals surface area (Å²) in [5.74, 6) is 13.4. The lowest BCUT2D eigenvalue weighted by atomic mass is 10.00. The van der Waals surface area contributed by atoms with Crippen molar-refractivity contribution in [3.05, 3.63) is 130 Å². The molecule has 0 saturated carbocycles. The minimum atomic E-state index is 1.04. The Bertz CT molecular complexity index is 1530. The van der Waals surface area contributed by atoms with Crippen molar-refractivity contribution in [2.24, 2.45) is 0 Å².